The highest BCUT2D eigenvalue weighted by atomic mass is 16.7. The van der Waals surface area contributed by atoms with E-state index in [1.54, 1.807) is 6.08 Å². The number of hydrogen-bond acceptors (Lipinski definition) is 13. The number of aliphatic hydroxyl groups is 8. The topological polar surface area (TPSA) is 228 Å². The van der Waals surface area contributed by atoms with E-state index in [1.807, 2.05) is 6.08 Å². The van der Waals surface area contributed by atoms with Gasteiger partial charge in [0.05, 0.1) is 32.0 Å². The molecule has 12 unspecified atom stereocenters. The van der Waals surface area contributed by atoms with Gasteiger partial charge in [-0.05, 0) is 57.8 Å². The first kappa shape index (κ1) is 78.3. The molecule has 494 valence electrons. The second kappa shape index (κ2) is 55.3. The Morgan fingerprint density at radius 1 is 0.417 bits per heavy atom. The molecule has 0 radical (unpaired) electrons. The van der Waals surface area contributed by atoms with E-state index in [0.717, 1.165) is 32.1 Å². The first-order chi connectivity index (χ1) is 41.1. The molecule has 2 aliphatic rings. The summed E-state index contributed by atoms with van der Waals surface area (Å²) in [6, 6.07) is -0.928. The van der Waals surface area contributed by atoms with Crippen molar-refractivity contribution in [2.24, 2.45) is 0 Å². The second-order valence-electron chi connectivity index (χ2n) is 25.0. The van der Waals surface area contributed by atoms with Crippen LogP contribution in [0.15, 0.2) is 36.5 Å². The number of unbranched alkanes of at least 4 members (excludes halogenated alkanes) is 41. The molecule has 2 heterocycles. The Bertz CT molecular complexity index is 1550. The maximum absolute atomic E-state index is 13.3. The third kappa shape index (κ3) is 39.3. The van der Waals surface area contributed by atoms with Crippen LogP contribution in [0.3, 0.4) is 0 Å². The number of carbonyl (C=O) groups excluding carboxylic acids is 1. The first-order valence-electron chi connectivity index (χ1n) is 35.2. The predicted molar refractivity (Wildman–Crippen MR) is 341 cm³/mol. The van der Waals surface area contributed by atoms with Crippen LogP contribution in [0.1, 0.15) is 309 Å². The van der Waals surface area contributed by atoms with E-state index in [1.165, 1.54) is 244 Å². The van der Waals surface area contributed by atoms with Crippen molar-refractivity contribution in [2.75, 3.05) is 19.8 Å². The highest BCUT2D eigenvalue weighted by molar-refractivity contribution is 5.76. The van der Waals surface area contributed by atoms with Crippen LogP contribution in [0.2, 0.25) is 0 Å². The van der Waals surface area contributed by atoms with E-state index in [4.69, 9.17) is 18.9 Å². The summed E-state index contributed by atoms with van der Waals surface area (Å²) in [4.78, 5) is 13.3. The highest BCUT2D eigenvalue weighted by Crippen LogP contribution is 2.30. The third-order valence-corrected chi connectivity index (χ3v) is 17.3. The lowest BCUT2D eigenvalue weighted by molar-refractivity contribution is -0.359. The molecular weight excluding hydrogens is 1060 g/mol. The lowest BCUT2D eigenvalue weighted by Gasteiger charge is -2.46. The summed E-state index contributed by atoms with van der Waals surface area (Å²) in [6.07, 6.45) is 54.0. The van der Waals surface area contributed by atoms with Gasteiger partial charge in [-0.1, -0.05) is 281 Å². The van der Waals surface area contributed by atoms with Gasteiger partial charge in [0.25, 0.3) is 0 Å². The average Bonchev–Trinajstić information content (AvgIpc) is 2.32. The molecule has 2 rings (SSSR count). The van der Waals surface area contributed by atoms with Gasteiger partial charge in [0, 0.05) is 6.42 Å². The summed E-state index contributed by atoms with van der Waals surface area (Å²) in [5.74, 6) is -0.246. The summed E-state index contributed by atoms with van der Waals surface area (Å²) in [5.41, 5.74) is 0. The van der Waals surface area contributed by atoms with Crippen LogP contribution in [-0.2, 0) is 23.7 Å². The maximum Gasteiger partial charge on any atom is 0.220 e. The van der Waals surface area contributed by atoms with Crippen LogP contribution in [0.4, 0.5) is 0 Å². The van der Waals surface area contributed by atoms with Gasteiger partial charge in [0.2, 0.25) is 5.91 Å². The van der Waals surface area contributed by atoms with Crippen molar-refractivity contribution >= 4 is 5.91 Å². The zero-order valence-corrected chi connectivity index (χ0v) is 53.7. The quantitative estimate of drug-likeness (QED) is 0.0204. The van der Waals surface area contributed by atoms with Crippen molar-refractivity contribution in [3.63, 3.8) is 0 Å². The zero-order valence-electron chi connectivity index (χ0n) is 53.7. The minimum atomic E-state index is -1.79. The SMILES string of the molecule is CCCCCCC/C=C/CC/C=C/C(O)C(COC1OC(CO)C(OC2OC(CO)C(O)C(O)C2O)C(O)C1O)NC(=O)CCCCCCCCCCCCCCCCCCCCCCCCCCCCC/C=C\CCCCCCCCCC. The number of aliphatic hydroxyl groups excluding tert-OH is 8. The zero-order chi connectivity index (χ0) is 60.9. The fraction of sp³-hybridized carbons (Fsp3) is 0.900. The lowest BCUT2D eigenvalue weighted by atomic mass is 9.97. The van der Waals surface area contributed by atoms with Gasteiger partial charge in [-0.25, -0.2) is 0 Å². The molecule has 1 amide bonds. The number of carbonyl (C=O) groups is 1. The van der Waals surface area contributed by atoms with Crippen LogP contribution < -0.4 is 5.32 Å². The number of rotatable bonds is 58. The summed E-state index contributed by atoms with van der Waals surface area (Å²) in [6.45, 7) is 2.77. The molecule has 0 aromatic carbocycles. The van der Waals surface area contributed by atoms with Crippen molar-refractivity contribution < 1.29 is 64.6 Å². The summed E-state index contributed by atoms with van der Waals surface area (Å²) in [5, 5.41) is 87.0. The van der Waals surface area contributed by atoms with Crippen LogP contribution in [-0.4, -0.2) is 140 Å². The summed E-state index contributed by atoms with van der Waals surface area (Å²) < 4.78 is 22.8. The van der Waals surface area contributed by atoms with Crippen molar-refractivity contribution in [1.82, 2.24) is 5.32 Å². The predicted octanol–water partition coefficient (Wildman–Crippen LogP) is 14.1. The number of ether oxygens (including phenoxy) is 4. The van der Waals surface area contributed by atoms with Crippen molar-refractivity contribution in [2.45, 2.75) is 383 Å². The molecule has 14 heteroatoms. The minimum absolute atomic E-state index is 0.246. The molecule has 0 aromatic rings. The van der Waals surface area contributed by atoms with Crippen molar-refractivity contribution in [3.05, 3.63) is 36.5 Å². The fourth-order valence-electron chi connectivity index (χ4n) is 11.7. The van der Waals surface area contributed by atoms with Crippen LogP contribution in [0, 0.1) is 0 Å². The Kier molecular flexibility index (Phi) is 51.5. The van der Waals surface area contributed by atoms with E-state index >= 15 is 0 Å². The molecule has 12 atom stereocenters. The normalized spacial score (nSPS) is 23.8. The molecular formula is C70H131NO13. The van der Waals surface area contributed by atoms with Gasteiger partial charge in [0.1, 0.15) is 48.8 Å². The molecule has 0 spiro atoms. The van der Waals surface area contributed by atoms with E-state index in [9.17, 15) is 45.6 Å². The maximum atomic E-state index is 13.3. The smallest absolute Gasteiger partial charge is 0.220 e. The average molecular weight is 1190 g/mol. The van der Waals surface area contributed by atoms with Crippen LogP contribution in [0.25, 0.3) is 0 Å². The molecule has 0 aromatic heterocycles. The van der Waals surface area contributed by atoms with Gasteiger partial charge < -0.3 is 65.1 Å². The summed E-state index contributed by atoms with van der Waals surface area (Å²) >= 11 is 0. The summed E-state index contributed by atoms with van der Waals surface area (Å²) in [7, 11) is 0. The monoisotopic (exact) mass is 1190 g/mol. The van der Waals surface area contributed by atoms with Crippen molar-refractivity contribution in [1.29, 1.82) is 0 Å². The molecule has 2 aliphatic heterocycles. The van der Waals surface area contributed by atoms with E-state index in [-0.39, 0.29) is 18.9 Å². The molecule has 0 saturated carbocycles. The Balaban J connectivity index is 1.53. The minimum Gasteiger partial charge on any atom is -0.394 e. The molecule has 0 aliphatic carbocycles. The Morgan fingerprint density at radius 3 is 1.17 bits per heavy atom. The third-order valence-electron chi connectivity index (χ3n) is 17.3. The van der Waals surface area contributed by atoms with E-state index in [0.29, 0.717) is 12.8 Å². The number of hydrogen-bond donors (Lipinski definition) is 9. The van der Waals surface area contributed by atoms with Gasteiger partial charge in [-0.2, -0.15) is 0 Å². The Morgan fingerprint density at radius 2 is 0.762 bits per heavy atom. The molecule has 84 heavy (non-hydrogen) atoms. The Hall–Kier alpha value is -1.79. The molecule has 14 nitrogen and oxygen atoms in total. The largest absolute Gasteiger partial charge is 0.394 e. The number of amides is 1. The first-order valence-corrected chi connectivity index (χ1v) is 35.2. The van der Waals surface area contributed by atoms with Gasteiger partial charge in [-0.3, -0.25) is 4.79 Å². The lowest BCUT2D eigenvalue weighted by Crippen LogP contribution is -2.65. The standard InChI is InChI=1S/C70H131NO13/c1-3-5-7-9-11-13-15-16-17-18-19-20-21-22-23-24-25-26-27-28-29-30-31-32-33-34-35-36-37-38-39-40-41-42-44-46-48-50-52-54-62(75)71-58(59(74)53-51-49-47-45-43-14-12-10-8-6-4-2)57-81-69-67(80)65(78)68(61(56-73)83-69)84-70-66(79)64(77)63(76)60(55-72)82-70/h18-19,43,45,51,53,58-61,63-70,72-74,76-80H,3-17,20-42,44,46-50,52,54-57H2,1-2H3,(H,71,75)/b19-18-,45-43+,53-51+. The van der Waals surface area contributed by atoms with E-state index < -0.39 is 86.8 Å². The van der Waals surface area contributed by atoms with Gasteiger partial charge in [-0.15, -0.1) is 0 Å². The number of nitrogens with one attached hydrogen (secondary N) is 1. The fourth-order valence-corrected chi connectivity index (χ4v) is 11.7. The second-order valence-corrected chi connectivity index (χ2v) is 25.0. The van der Waals surface area contributed by atoms with Crippen LogP contribution >= 0.6 is 0 Å². The number of allylic oxidation sites excluding steroid dienone is 5. The molecule has 2 fully saturated rings. The van der Waals surface area contributed by atoms with Crippen LogP contribution in [0.5, 0.6) is 0 Å². The molecule has 2 saturated heterocycles. The highest BCUT2D eigenvalue weighted by Gasteiger charge is 2.51. The van der Waals surface area contributed by atoms with Crippen molar-refractivity contribution in [3.8, 4) is 0 Å². The van der Waals surface area contributed by atoms with E-state index in [2.05, 4.69) is 43.5 Å². The molecule has 9 N–H and O–H groups in total. The molecule has 0 bridgehead atoms. The van der Waals surface area contributed by atoms with Gasteiger partial charge >= 0.3 is 0 Å². The van der Waals surface area contributed by atoms with Gasteiger partial charge in [0.15, 0.2) is 12.6 Å². The Labute approximate surface area is 512 Å².